The van der Waals surface area contributed by atoms with Crippen molar-refractivity contribution < 1.29 is 9.90 Å². The Morgan fingerprint density at radius 3 is 2.90 bits per heavy atom. The van der Waals surface area contributed by atoms with Gasteiger partial charge in [-0.2, -0.15) is 0 Å². The summed E-state index contributed by atoms with van der Waals surface area (Å²) in [4.78, 5) is 11.9. The Morgan fingerprint density at radius 2 is 2.20 bits per heavy atom. The van der Waals surface area contributed by atoms with Gasteiger partial charge in [0, 0.05) is 23.5 Å². The first-order valence-electron chi connectivity index (χ1n) is 6.34. The van der Waals surface area contributed by atoms with Gasteiger partial charge in [-0.3, -0.25) is 4.79 Å². The zero-order valence-corrected chi connectivity index (χ0v) is 12.9. The van der Waals surface area contributed by atoms with Crippen molar-refractivity contribution in [2.45, 2.75) is 23.6 Å². The van der Waals surface area contributed by atoms with E-state index in [1.807, 2.05) is 24.3 Å². The number of thiophene rings is 1. The molecule has 0 bridgehead atoms. The monoisotopic (exact) mass is 307 g/mol. The maximum Gasteiger partial charge on any atom is 0.303 e. The van der Waals surface area contributed by atoms with Gasteiger partial charge < -0.3 is 10.4 Å². The Hall–Kier alpha value is -1.46. The minimum Gasteiger partial charge on any atom is -0.481 e. The molecule has 0 atom stereocenters. The molecule has 2 N–H and O–H groups in total. The summed E-state index contributed by atoms with van der Waals surface area (Å²) in [6.07, 6.45) is 2.82. The summed E-state index contributed by atoms with van der Waals surface area (Å²) in [5.41, 5.74) is 2.08. The third-order valence-electron chi connectivity index (χ3n) is 2.86. The quantitative estimate of drug-likeness (QED) is 0.756. The van der Waals surface area contributed by atoms with Crippen LogP contribution in [0, 0.1) is 0 Å². The first-order valence-corrected chi connectivity index (χ1v) is 8.39. The largest absolute Gasteiger partial charge is 0.481 e. The molecule has 1 heterocycles. The van der Waals surface area contributed by atoms with Crippen LogP contribution < -0.4 is 5.32 Å². The number of hydrogen-bond donors (Lipinski definition) is 2. The van der Waals surface area contributed by atoms with E-state index >= 15 is 0 Å². The van der Waals surface area contributed by atoms with Gasteiger partial charge in [0.25, 0.3) is 0 Å². The Kier molecular flexibility index (Phi) is 5.49. The molecule has 1 aromatic heterocycles. The van der Waals surface area contributed by atoms with Gasteiger partial charge in [0.1, 0.15) is 0 Å². The molecule has 0 aliphatic heterocycles. The highest BCUT2D eigenvalue weighted by Gasteiger charge is 2.02. The summed E-state index contributed by atoms with van der Waals surface area (Å²) in [7, 11) is 0. The molecule has 106 valence electrons. The second kappa shape index (κ2) is 7.36. The SMILES string of the molecule is CSc1ccc(CNc2cccc(CCC(=O)O)c2)s1. The first kappa shape index (κ1) is 14.9. The lowest BCUT2D eigenvalue weighted by molar-refractivity contribution is -0.136. The van der Waals surface area contributed by atoms with Crippen LogP contribution in [0.3, 0.4) is 0 Å². The van der Waals surface area contributed by atoms with Crippen LogP contribution in [-0.4, -0.2) is 17.3 Å². The van der Waals surface area contributed by atoms with Crippen LogP contribution in [0.1, 0.15) is 16.9 Å². The van der Waals surface area contributed by atoms with E-state index < -0.39 is 5.97 Å². The Balaban J connectivity index is 1.92. The number of hydrogen-bond acceptors (Lipinski definition) is 4. The van der Waals surface area contributed by atoms with Crippen LogP contribution in [0.25, 0.3) is 0 Å². The van der Waals surface area contributed by atoms with Gasteiger partial charge in [0.2, 0.25) is 0 Å². The summed E-state index contributed by atoms with van der Waals surface area (Å²) in [5, 5.41) is 12.1. The van der Waals surface area contributed by atoms with Gasteiger partial charge >= 0.3 is 5.97 Å². The molecule has 3 nitrogen and oxygen atoms in total. The van der Waals surface area contributed by atoms with Gasteiger partial charge in [-0.15, -0.1) is 23.1 Å². The standard InChI is InChI=1S/C15H17NO2S2/c1-19-15-8-6-13(20-15)10-16-12-4-2-3-11(9-12)5-7-14(17)18/h2-4,6,8-9,16H,5,7,10H2,1H3,(H,17,18). The van der Waals surface area contributed by atoms with Crippen LogP contribution in [0.4, 0.5) is 5.69 Å². The van der Waals surface area contributed by atoms with Crippen LogP contribution >= 0.6 is 23.1 Å². The number of carbonyl (C=O) groups is 1. The number of nitrogens with one attached hydrogen (secondary N) is 1. The molecule has 5 heteroatoms. The molecule has 0 aliphatic rings. The smallest absolute Gasteiger partial charge is 0.303 e. The summed E-state index contributed by atoms with van der Waals surface area (Å²) >= 11 is 3.55. The number of aliphatic carboxylic acids is 1. The molecular formula is C15H17NO2S2. The van der Waals surface area contributed by atoms with Crippen LogP contribution in [0.5, 0.6) is 0 Å². The highest BCUT2D eigenvalue weighted by Crippen LogP contribution is 2.25. The molecule has 2 rings (SSSR count). The summed E-state index contributed by atoms with van der Waals surface area (Å²) in [6, 6.07) is 12.2. The molecular weight excluding hydrogens is 290 g/mol. The third-order valence-corrected chi connectivity index (χ3v) is 5.03. The van der Waals surface area contributed by atoms with Crippen molar-refractivity contribution in [1.82, 2.24) is 0 Å². The predicted octanol–water partition coefficient (Wildman–Crippen LogP) is 4.10. The summed E-state index contributed by atoms with van der Waals surface area (Å²) in [5.74, 6) is -0.758. The van der Waals surface area contributed by atoms with Crippen molar-refractivity contribution in [2.75, 3.05) is 11.6 Å². The molecule has 0 unspecified atom stereocenters. The first-order chi connectivity index (χ1) is 9.67. The molecule has 0 aliphatic carbocycles. The molecule has 0 radical (unpaired) electrons. The van der Waals surface area contributed by atoms with Gasteiger partial charge in [0.05, 0.1) is 4.21 Å². The number of rotatable bonds is 7. The fraction of sp³-hybridized carbons (Fsp3) is 0.267. The van der Waals surface area contributed by atoms with E-state index in [0.717, 1.165) is 17.8 Å². The van der Waals surface area contributed by atoms with Crippen molar-refractivity contribution in [1.29, 1.82) is 0 Å². The minimum absolute atomic E-state index is 0.172. The maximum absolute atomic E-state index is 10.6. The maximum atomic E-state index is 10.6. The lowest BCUT2D eigenvalue weighted by Crippen LogP contribution is -2.00. The van der Waals surface area contributed by atoms with Crippen molar-refractivity contribution in [3.8, 4) is 0 Å². The highest BCUT2D eigenvalue weighted by molar-refractivity contribution is 8.00. The zero-order valence-electron chi connectivity index (χ0n) is 11.3. The Bertz CT molecular complexity index is 581. The predicted molar refractivity (Wildman–Crippen MR) is 85.8 cm³/mol. The van der Waals surface area contributed by atoms with Crippen LogP contribution in [0.2, 0.25) is 0 Å². The van der Waals surface area contributed by atoms with Gasteiger partial charge in [0.15, 0.2) is 0 Å². The Morgan fingerprint density at radius 1 is 1.35 bits per heavy atom. The Labute approximate surface area is 127 Å². The molecule has 0 spiro atoms. The number of aryl methyl sites for hydroxylation is 1. The molecule has 0 saturated carbocycles. The van der Waals surface area contributed by atoms with Gasteiger partial charge in [-0.25, -0.2) is 0 Å². The van der Waals surface area contributed by atoms with Crippen molar-refractivity contribution in [2.24, 2.45) is 0 Å². The van der Waals surface area contributed by atoms with Gasteiger partial charge in [-0.1, -0.05) is 12.1 Å². The normalized spacial score (nSPS) is 10.4. The molecule has 0 amide bonds. The zero-order chi connectivity index (χ0) is 14.4. The number of benzene rings is 1. The molecule has 0 fully saturated rings. The van der Waals surface area contributed by atoms with Crippen molar-refractivity contribution >= 4 is 34.8 Å². The molecule has 2 aromatic rings. The third kappa shape index (κ3) is 4.58. The van der Waals surface area contributed by atoms with Crippen molar-refractivity contribution in [3.63, 3.8) is 0 Å². The van der Waals surface area contributed by atoms with E-state index in [1.165, 1.54) is 9.09 Å². The number of carboxylic acids is 1. The topological polar surface area (TPSA) is 49.3 Å². The molecule has 20 heavy (non-hydrogen) atoms. The second-order valence-electron chi connectivity index (χ2n) is 4.37. The molecule has 0 saturated heterocycles. The van der Waals surface area contributed by atoms with E-state index in [9.17, 15) is 4.79 Å². The number of anilines is 1. The van der Waals surface area contributed by atoms with E-state index in [2.05, 4.69) is 23.7 Å². The fourth-order valence-electron chi connectivity index (χ4n) is 1.84. The van der Waals surface area contributed by atoms with Crippen LogP contribution in [0.15, 0.2) is 40.6 Å². The number of carboxylic acid groups (broad SMARTS) is 1. The molecule has 1 aromatic carbocycles. The average molecular weight is 307 g/mol. The fourth-order valence-corrected chi connectivity index (χ4v) is 3.37. The van der Waals surface area contributed by atoms with E-state index in [4.69, 9.17) is 5.11 Å². The summed E-state index contributed by atoms with van der Waals surface area (Å²) < 4.78 is 1.32. The van der Waals surface area contributed by atoms with E-state index in [-0.39, 0.29) is 6.42 Å². The lowest BCUT2D eigenvalue weighted by Gasteiger charge is -2.07. The number of thioether (sulfide) groups is 1. The van der Waals surface area contributed by atoms with Crippen LogP contribution in [-0.2, 0) is 17.8 Å². The minimum atomic E-state index is -0.758. The lowest BCUT2D eigenvalue weighted by atomic mass is 10.1. The van der Waals surface area contributed by atoms with E-state index in [1.54, 1.807) is 23.1 Å². The highest BCUT2D eigenvalue weighted by atomic mass is 32.2. The van der Waals surface area contributed by atoms with E-state index in [0.29, 0.717) is 6.42 Å². The second-order valence-corrected chi connectivity index (χ2v) is 6.65. The van der Waals surface area contributed by atoms with Gasteiger partial charge in [-0.05, 0) is 42.5 Å². The average Bonchev–Trinajstić information content (AvgIpc) is 2.91. The summed E-state index contributed by atoms with van der Waals surface area (Å²) in [6.45, 7) is 0.799. The van der Waals surface area contributed by atoms with Crippen molar-refractivity contribution in [3.05, 3.63) is 46.8 Å².